The van der Waals surface area contributed by atoms with Crippen molar-refractivity contribution in [3.05, 3.63) is 22.8 Å². The number of phenolic OH excluding ortho intramolecular Hbond substituents is 2. The quantitative estimate of drug-likeness (QED) is 0.786. The van der Waals surface area contributed by atoms with Gasteiger partial charge in [-0.05, 0) is 41.3 Å². The highest BCUT2D eigenvalue weighted by molar-refractivity contribution is 9.10. The number of hydrogen-bond donors (Lipinski definition) is 3. The van der Waals surface area contributed by atoms with Crippen LogP contribution in [-0.4, -0.2) is 33.5 Å². The number of aromatic nitrogens is 2. The molecule has 0 bridgehead atoms. The van der Waals surface area contributed by atoms with Gasteiger partial charge in [-0.3, -0.25) is 5.10 Å². The first-order valence-electron chi connectivity index (χ1n) is 6.67. The first kappa shape index (κ1) is 13.3. The summed E-state index contributed by atoms with van der Waals surface area (Å²) < 4.78 is 0.546. The summed E-state index contributed by atoms with van der Waals surface area (Å²) in [4.78, 5) is 2.28. The summed E-state index contributed by atoms with van der Waals surface area (Å²) in [5.74, 6) is 0.0542. The van der Waals surface area contributed by atoms with Crippen molar-refractivity contribution in [1.82, 2.24) is 10.2 Å². The summed E-state index contributed by atoms with van der Waals surface area (Å²) >= 11 is 3.28. The van der Waals surface area contributed by atoms with Crippen LogP contribution in [0.4, 0.5) is 5.69 Å². The minimum Gasteiger partial charge on any atom is -0.507 e. The molecule has 0 amide bonds. The van der Waals surface area contributed by atoms with Gasteiger partial charge in [-0.25, -0.2) is 0 Å². The molecule has 1 aliphatic heterocycles. The van der Waals surface area contributed by atoms with Crippen LogP contribution >= 0.6 is 15.9 Å². The Balaban J connectivity index is 2.03. The van der Waals surface area contributed by atoms with Crippen LogP contribution in [0.3, 0.4) is 0 Å². The fourth-order valence-electron chi connectivity index (χ4n) is 2.60. The summed E-state index contributed by atoms with van der Waals surface area (Å²) in [6.07, 6.45) is 5.41. The van der Waals surface area contributed by atoms with Crippen LogP contribution in [0.25, 0.3) is 11.3 Å². The fourth-order valence-corrected chi connectivity index (χ4v) is 2.95. The number of halogens is 1. The van der Waals surface area contributed by atoms with Crippen molar-refractivity contribution < 1.29 is 10.2 Å². The molecule has 20 heavy (non-hydrogen) atoms. The number of hydrogen-bond acceptors (Lipinski definition) is 4. The number of rotatable bonds is 2. The number of H-pyrrole nitrogens is 1. The van der Waals surface area contributed by atoms with E-state index in [1.165, 1.54) is 25.3 Å². The third-order valence-corrected chi connectivity index (χ3v) is 4.29. The molecule has 0 unspecified atom stereocenters. The van der Waals surface area contributed by atoms with Crippen LogP contribution in [0.5, 0.6) is 11.5 Å². The van der Waals surface area contributed by atoms with Crippen molar-refractivity contribution >= 4 is 21.6 Å². The molecule has 1 fully saturated rings. The molecule has 0 spiro atoms. The first-order chi connectivity index (χ1) is 9.66. The molecule has 0 saturated carbocycles. The largest absolute Gasteiger partial charge is 0.507 e. The normalized spacial score (nSPS) is 15.6. The van der Waals surface area contributed by atoms with E-state index in [4.69, 9.17) is 0 Å². The second-order valence-corrected chi connectivity index (χ2v) is 5.85. The van der Waals surface area contributed by atoms with Gasteiger partial charge in [0.15, 0.2) is 0 Å². The second kappa shape index (κ2) is 5.36. The second-order valence-electron chi connectivity index (χ2n) is 5.00. The molecule has 2 aromatic rings. The van der Waals surface area contributed by atoms with Gasteiger partial charge in [-0.2, -0.15) is 5.10 Å². The number of piperidine rings is 1. The van der Waals surface area contributed by atoms with Crippen LogP contribution in [-0.2, 0) is 0 Å². The fraction of sp³-hybridized carbons (Fsp3) is 0.357. The Kier molecular flexibility index (Phi) is 3.56. The average molecular weight is 338 g/mol. The molecule has 1 aliphatic rings. The van der Waals surface area contributed by atoms with Crippen molar-refractivity contribution in [2.45, 2.75) is 19.3 Å². The molecule has 1 saturated heterocycles. The minimum absolute atomic E-state index is 0.0188. The number of phenols is 2. The Morgan fingerprint density at radius 2 is 1.85 bits per heavy atom. The van der Waals surface area contributed by atoms with Crippen molar-refractivity contribution in [1.29, 1.82) is 0 Å². The molecule has 1 aromatic heterocycles. The highest BCUT2D eigenvalue weighted by Crippen LogP contribution is 2.40. The van der Waals surface area contributed by atoms with Crippen LogP contribution in [0, 0.1) is 0 Å². The van der Waals surface area contributed by atoms with Gasteiger partial charge in [-0.1, -0.05) is 0 Å². The summed E-state index contributed by atoms with van der Waals surface area (Å²) in [7, 11) is 0. The van der Waals surface area contributed by atoms with E-state index >= 15 is 0 Å². The topological polar surface area (TPSA) is 72.4 Å². The van der Waals surface area contributed by atoms with Crippen LogP contribution < -0.4 is 4.90 Å². The van der Waals surface area contributed by atoms with Crippen molar-refractivity contribution in [2.75, 3.05) is 18.0 Å². The lowest BCUT2D eigenvalue weighted by Gasteiger charge is -2.28. The number of nitrogens with zero attached hydrogens (tertiary/aromatic N) is 2. The van der Waals surface area contributed by atoms with Gasteiger partial charge in [0, 0.05) is 24.7 Å². The maximum Gasteiger partial charge on any atom is 0.133 e. The lowest BCUT2D eigenvalue weighted by atomic mass is 10.1. The van der Waals surface area contributed by atoms with Gasteiger partial charge in [0.2, 0.25) is 0 Å². The standard InChI is InChI=1S/C14H16BrN3O2/c15-10-6-9(12(19)7-13(10)20)14-11(8-16-17-14)18-4-2-1-3-5-18/h6-8,19-20H,1-5H2,(H,16,17). The summed E-state index contributed by atoms with van der Waals surface area (Å²) in [6.45, 7) is 2.01. The first-order valence-corrected chi connectivity index (χ1v) is 7.46. The molecule has 106 valence electrons. The zero-order valence-corrected chi connectivity index (χ0v) is 12.5. The van der Waals surface area contributed by atoms with Crippen LogP contribution in [0.2, 0.25) is 0 Å². The van der Waals surface area contributed by atoms with Gasteiger partial charge < -0.3 is 15.1 Å². The van der Waals surface area contributed by atoms with E-state index in [0.717, 1.165) is 24.5 Å². The molecule has 3 N–H and O–H groups in total. The smallest absolute Gasteiger partial charge is 0.133 e. The van der Waals surface area contributed by atoms with E-state index in [9.17, 15) is 10.2 Å². The van der Waals surface area contributed by atoms with E-state index < -0.39 is 0 Å². The number of benzene rings is 1. The molecule has 0 atom stereocenters. The SMILES string of the molecule is Oc1cc(O)c(-c2[nH]ncc2N2CCCCC2)cc1Br. The van der Waals surface area contributed by atoms with E-state index in [1.807, 2.05) is 0 Å². The highest BCUT2D eigenvalue weighted by atomic mass is 79.9. The predicted octanol–water partition coefficient (Wildman–Crippen LogP) is 3.24. The minimum atomic E-state index is 0.0188. The van der Waals surface area contributed by atoms with Crippen molar-refractivity contribution in [2.24, 2.45) is 0 Å². The molecule has 1 aromatic carbocycles. The van der Waals surface area contributed by atoms with Gasteiger partial charge in [0.1, 0.15) is 11.5 Å². The van der Waals surface area contributed by atoms with Gasteiger partial charge >= 0.3 is 0 Å². The Morgan fingerprint density at radius 1 is 1.10 bits per heavy atom. The Bertz CT molecular complexity index is 621. The van der Waals surface area contributed by atoms with Crippen LogP contribution in [0.15, 0.2) is 22.8 Å². The molecular weight excluding hydrogens is 322 g/mol. The lowest BCUT2D eigenvalue weighted by molar-refractivity contribution is 0.449. The van der Waals surface area contributed by atoms with E-state index in [1.54, 1.807) is 12.3 Å². The Hall–Kier alpha value is -1.69. The average Bonchev–Trinajstić information content (AvgIpc) is 2.93. The van der Waals surface area contributed by atoms with Crippen LogP contribution in [0.1, 0.15) is 19.3 Å². The highest BCUT2D eigenvalue weighted by Gasteiger charge is 2.20. The molecular formula is C14H16BrN3O2. The molecule has 6 heteroatoms. The summed E-state index contributed by atoms with van der Waals surface area (Å²) in [5, 5.41) is 26.7. The number of aromatic amines is 1. The number of aromatic hydroxyl groups is 2. The summed E-state index contributed by atoms with van der Waals surface area (Å²) in [6, 6.07) is 3.03. The summed E-state index contributed by atoms with van der Waals surface area (Å²) in [5.41, 5.74) is 2.41. The number of anilines is 1. The molecule has 2 heterocycles. The van der Waals surface area contributed by atoms with Gasteiger partial charge in [-0.15, -0.1) is 0 Å². The zero-order valence-electron chi connectivity index (χ0n) is 10.9. The van der Waals surface area contributed by atoms with E-state index in [-0.39, 0.29) is 11.5 Å². The Morgan fingerprint density at radius 3 is 2.60 bits per heavy atom. The maximum absolute atomic E-state index is 10.1. The predicted molar refractivity (Wildman–Crippen MR) is 81.1 cm³/mol. The lowest BCUT2D eigenvalue weighted by Crippen LogP contribution is -2.29. The monoisotopic (exact) mass is 337 g/mol. The molecule has 0 radical (unpaired) electrons. The third-order valence-electron chi connectivity index (χ3n) is 3.65. The molecule has 3 rings (SSSR count). The molecule has 0 aliphatic carbocycles. The van der Waals surface area contributed by atoms with Gasteiger partial charge in [0.25, 0.3) is 0 Å². The van der Waals surface area contributed by atoms with E-state index in [2.05, 4.69) is 31.0 Å². The van der Waals surface area contributed by atoms with E-state index in [0.29, 0.717) is 10.0 Å². The Labute approximate surface area is 125 Å². The maximum atomic E-state index is 10.1. The molecule has 5 nitrogen and oxygen atoms in total. The zero-order chi connectivity index (χ0) is 14.1. The van der Waals surface area contributed by atoms with Gasteiger partial charge in [0.05, 0.1) is 22.1 Å². The van der Waals surface area contributed by atoms with Crippen molar-refractivity contribution in [3.63, 3.8) is 0 Å². The third kappa shape index (κ3) is 2.35. The number of nitrogens with one attached hydrogen (secondary N) is 1. The van der Waals surface area contributed by atoms with Crippen molar-refractivity contribution in [3.8, 4) is 22.8 Å².